The molecule has 0 fully saturated rings. The molecule has 0 radical (unpaired) electrons. The quantitative estimate of drug-likeness (QED) is 0.566. The smallest absolute Gasteiger partial charge is 0.140 e. The lowest BCUT2D eigenvalue weighted by Crippen LogP contribution is -2.08. The van der Waals surface area contributed by atoms with Gasteiger partial charge in [0.2, 0.25) is 0 Å². The summed E-state index contributed by atoms with van der Waals surface area (Å²) in [6.45, 7) is 0. The number of benzene rings is 1. The van der Waals surface area contributed by atoms with Gasteiger partial charge >= 0.3 is 0 Å². The highest BCUT2D eigenvalue weighted by molar-refractivity contribution is 5.85. The first-order valence-electron chi connectivity index (χ1n) is 3.37. The number of nitrogen functional groups attached to an aromatic ring is 1. The first kappa shape index (κ1) is 14.7. The standard InChI is InChI=1S/C8H12N2O.2ClH/c1-10(2)6-3-4-7(9)8(11)5-6;;/h3-5,11H,9H2,1-2H3;2*1H. The monoisotopic (exact) mass is 224 g/mol. The van der Waals surface area contributed by atoms with Gasteiger partial charge in [0.15, 0.2) is 0 Å². The van der Waals surface area contributed by atoms with E-state index in [0.29, 0.717) is 5.69 Å². The van der Waals surface area contributed by atoms with Gasteiger partial charge in [0.1, 0.15) is 5.75 Å². The van der Waals surface area contributed by atoms with Crippen molar-refractivity contribution in [2.24, 2.45) is 0 Å². The third-order valence-electron chi connectivity index (χ3n) is 1.53. The van der Waals surface area contributed by atoms with Crippen LogP contribution < -0.4 is 10.6 Å². The molecule has 3 N–H and O–H groups in total. The van der Waals surface area contributed by atoms with Crippen LogP contribution in [0.15, 0.2) is 18.2 Å². The third-order valence-corrected chi connectivity index (χ3v) is 1.53. The molecule has 0 saturated heterocycles. The Balaban J connectivity index is 0. The number of nitrogens with two attached hydrogens (primary N) is 1. The maximum atomic E-state index is 9.20. The van der Waals surface area contributed by atoms with Crippen LogP contribution in [0.5, 0.6) is 5.75 Å². The van der Waals surface area contributed by atoms with Gasteiger partial charge in [-0.1, -0.05) is 0 Å². The Bertz CT molecular complexity index is 266. The fourth-order valence-electron chi connectivity index (χ4n) is 0.810. The number of nitrogens with zero attached hydrogens (tertiary/aromatic N) is 1. The maximum Gasteiger partial charge on any atom is 0.140 e. The summed E-state index contributed by atoms with van der Waals surface area (Å²) in [5.74, 6) is 0.135. The number of anilines is 2. The second kappa shape index (κ2) is 5.78. The Hall–Kier alpha value is -0.800. The van der Waals surface area contributed by atoms with Gasteiger partial charge in [-0.25, -0.2) is 0 Å². The summed E-state index contributed by atoms with van der Waals surface area (Å²) in [6, 6.07) is 5.18. The molecule has 0 unspecified atom stereocenters. The van der Waals surface area contributed by atoms with Crippen molar-refractivity contribution < 1.29 is 5.11 Å². The van der Waals surface area contributed by atoms with E-state index in [1.807, 2.05) is 25.1 Å². The van der Waals surface area contributed by atoms with Gasteiger partial charge in [-0.05, 0) is 12.1 Å². The highest BCUT2D eigenvalue weighted by atomic mass is 35.5. The number of aromatic hydroxyl groups is 1. The molecule has 0 aliphatic carbocycles. The number of phenols is 1. The molecule has 0 aliphatic rings. The molecule has 0 spiro atoms. The molecule has 0 amide bonds. The molecule has 0 heterocycles. The first-order valence-corrected chi connectivity index (χ1v) is 3.37. The molecular weight excluding hydrogens is 211 g/mol. The molecule has 0 saturated carbocycles. The lowest BCUT2D eigenvalue weighted by atomic mass is 10.2. The van der Waals surface area contributed by atoms with Gasteiger partial charge in [-0.15, -0.1) is 24.8 Å². The summed E-state index contributed by atoms with van der Waals surface area (Å²) >= 11 is 0. The number of rotatable bonds is 1. The Labute approximate surface area is 90.4 Å². The molecule has 1 aromatic carbocycles. The van der Waals surface area contributed by atoms with E-state index in [-0.39, 0.29) is 30.6 Å². The Morgan fingerprint density at radius 3 is 2.15 bits per heavy atom. The van der Waals surface area contributed by atoms with Gasteiger partial charge in [0.25, 0.3) is 0 Å². The van der Waals surface area contributed by atoms with Crippen LogP contribution in [0, 0.1) is 0 Å². The average molecular weight is 225 g/mol. The summed E-state index contributed by atoms with van der Waals surface area (Å²) in [7, 11) is 3.82. The molecular formula is C8H14Cl2N2O. The van der Waals surface area contributed by atoms with Crippen molar-refractivity contribution in [1.29, 1.82) is 0 Å². The first-order chi connectivity index (χ1) is 5.11. The molecule has 5 heteroatoms. The highest BCUT2D eigenvalue weighted by Crippen LogP contribution is 2.24. The summed E-state index contributed by atoms with van der Waals surface area (Å²) in [4.78, 5) is 1.90. The molecule has 3 nitrogen and oxygen atoms in total. The average Bonchev–Trinajstić information content (AvgIpc) is 1.94. The normalized spacial score (nSPS) is 8.15. The Morgan fingerprint density at radius 2 is 1.77 bits per heavy atom. The molecule has 1 aromatic rings. The molecule has 0 aromatic heterocycles. The minimum absolute atomic E-state index is 0. The predicted octanol–water partition coefficient (Wildman–Crippen LogP) is 1.88. The largest absolute Gasteiger partial charge is 0.506 e. The number of halogens is 2. The number of phenolic OH excluding ortho intramolecular Hbond substituents is 1. The van der Waals surface area contributed by atoms with Crippen molar-refractivity contribution >= 4 is 36.2 Å². The van der Waals surface area contributed by atoms with Gasteiger partial charge in [-0.3, -0.25) is 0 Å². The van der Waals surface area contributed by atoms with Crippen LogP contribution in [0.1, 0.15) is 0 Å². The van der Waals surface area contributed by atoms with E-state index in [9.17, 15) is 5.11 Å². The number of hydrogen-bond acceptors (Lipinski definition) is 3. The maximum absolute atomic E-state index is 9.20. The fraction of sp³-hybridized carbons (Fsp3) is 0.250. The lowest BCUT2D eigenvalue weighted by molar-refractivity contribution is 0.478. The van der Waals surface area contributed by atoms with Crippen molar-refractivity contribution in [2.45, 2.75) is 0 Å². The van der Waals surface area contributed by atoms with Crippen LogP contribution in [0.25, 0.3) is 0 Å². The van der Waals surface area contributed by atoms with Crippen molar-refractivity contribution in [3.8, 4) is 5.75 Å². The van der Waals surface area contributed by atoms with E-state index in [1.54, 1.807) is 12.1 Å². The van der Waals surface area contributed by atoms with Gasteiger partial charge in [0, 0.05) is 25.8 Å². The van der Waals surface area contributed by atoms with Gasteiger partial charge in [0.05, 0.1) is 5.69 Å². The summed E-state index contributed by atoms with van der Waals surface area (Å²) in [5, 5.41) is 9.20. The predicted molar refractivity (Wildman–Crippen MR) is 61.3 cm³/mol. The van der Waals surface area contributed by atoms with E-state index in [4.69, 9.17) is 5.73 Å². The third kappa shape index (κ3) is 3.61. The fourth-order valence-corrected chi connectivity index (χ4v) is 0.810. The second-order valence-corrected chi connectivity index (χ2v) is 2.64. The molecule has 0 bridgehead atoms. The zero-order valence-corrected chi connectivity index (χ0v) is 9.15. The molecule has 0 aliphatic heterocycles. The topological polar surface area (TPSA) is 49.5 Å². The van der Waals surface area contributed by atoms with E-state index >= 15 is 0 Å². The van der Waals surface area contributed by atoms with Gasteiger partial charge < -0.3 is 15.7 Å². The van der Waals surface area contributed by atoms with E-state index in [0.717, 1.165) is 5.69 Å². The Kier molecular flexibility index (Phi) is 6.54. The zero-order chi connectivity index (χ0) is 8.43. The van der Waals surface area contributed by atoms with Crippen LogP contribution in [0.4, 0.5) is 11.4 Å². The van der Waals surface area contributed by atoms with Crippen molar-refractivity contribution in [3.63, 3.8) is 0 Å². The van der Waals surface area contributed by atoms with Crippen molar-refractivity contribution in [3.05, 3.63) is 18.2 Å². The van der Waals surface area contributed by atoms with Crippen molar-refractivity contribution in [2.75, 3.05) is 24.7 Å². The molecule has 0 atom stereocenters. The van der Waals surface area contributed by atoms with E-state index in [2.05, 4.69) is 0 Å². The molecule has 76 valence electrons. The summed E-state index contributed by atoms with van der Waals surface area (Å²) in [5.41, 5.74) is 6.77. The molecule has 1 rings (SSSR count). The van der Waals surface area contributed by atoms with Crippen molar-refractivity contribution in [1.82, 2.24) is 0 Å². The van der Waals surface area contributed by atoms with Crippen LogP contribution in [-0.4, -0.2) is 19.2 Å². The van der Waals surface area contributed by atoms with Crippen LogP contribution >= 0.6 is 24.8 Å². The number of hydrogen-bond donors (Lipinski definition) is 2. The minimum Gasteiger partial charge on any atom is -0.506 e. The minimum atomic E-state index is 0. The zero-order valence-electron chi connectivity index (χ0n) is 7.52. The van der Waals surface area contributed by atoms with E-state index in [1.165, 1.54) is 0 Å². The van der Waals surface area contributed by atoms with Crippen LogP contribution in [0.3, 0.4) is 0 Å². The SMILES string of the molecule is CN(C)c1ccc(N)c(O)c1.Cl.Cl. The van der Waals surface area contributed by atoms with Crippen LogP contribution in [0.2, 0.25) is 0 Å². The summed E-state index contributed by atoms with van der Waals surface area (Å²) < 4.78 is 0. The lowest BCUT2D eigenvalue weighted by Gasteiger charge is -2.12. The van der Waals surface area contributed by atoms with Crippen LogP contribution in [-0.2, 0) is 0 Å². The molecule has 13 heavy (non-hydrogen) atoms. The highest BCUT2D eigenvalue weighted by Gasteiger charge is 1.98. The second-order valence-electron chi connectivity index (χ2n) is 2.64. The van der Waals surface area contributed by atoms with Gasteiger partial charge in [-0.2, -0.15) is 0 Å². The summed E-state index contributed by atoms with van der Waals surface area (Å²) in [6.07, 6.45) is 0. The van der Waals surface area contributed by atoms with E-state index < -0.39 is 0 Å². The Morgan fingerprint density at radius 1 is 1.23 bits per heavy atom.